The van der Waals surface area contributed by atoms with E-state index in [2.05, 4.69) is 28.9 Å². The van der Waals surface area contributed by atoms with E-state index < -0.39 is 0 Å². The molecule has 0 amide bonds. The van der Waals surface area contributed by atoms with Crippen LogP contribution in [0.25, 0.3) is 5.52 Å². The third-order valence-electron chi connectivity index (χ3n) is 2.22. The van der Waals surface area contributed by atoms with Gasteiger partial charge in [0.2, 0.25) is 0 Å². The molecule has 0 bridgehead atoms. The molecule has 80 valence electrons. The SMILES string of the molecule is Cc1nc(CC(C)C)c2c(Cl)ncnn12. The van der Waals surface area contributed by atoms with Gasteiger partial charge in [0.25, 0.3) is 0 Å². The van der Waals surface area contributed by atoms with Crippen molar-refractivity contribution in [2.24, 2.45) is 5.92 Å². The minimum atomic E-state index is 0.473. The Kier molecular flexibility index (Phi) is 2.61. The number of nitrogens with zero attached hydrogens (tertiary/aromatic N) is 4. The smallest absolute Gasteiger partial charge is 0.158 e. The van der Waals surface area contributed by atoms with Gasteiger partial charge in [-0.05, 0) is 19.3 Å². The van der Waals surface area contributed by atoms with Crippen molar-refractivity contribution in [2.75, 3.05) is 0 Å². The molecule has 0 saturated carbocycles. The van der Waals surface area contributed by atoms with Crippen molar-refractivity contribution in [1.29, 1.82) is 0 Å². The predicted molar refractivity (Wildman–Crippen MR) is 59.1 cm³/mol. The number of aromatic nitrogens is 4. The number of halogens is 1. The van der Waals surface area contributed by atoms with Gasteiger partial charge in [0, 0.05) is 0 Å². The highest BCUT2D eigenvalue weighted by Gasteiger charge is 2.13. The second kappa shape index (κ2) is 3.77. The van der Waals surface area contributed by atoms with Crippen molar-refractivity contribution in [2.45, 2.75) is 27.2 Å². The first-order chi connectivity index (χ1) is 7.09. The highest BCUT2D eigenvalue weighted by atomic mass is 35.5. The second-order valence-corrected chi connectivity index (χ2v) is 4.37. The highest BCUT2D eigenvalue weighted by Crippen LogP contribution is 2.20. The Labute approximate surface area is 93.3 Å². The van der Waals surface area contributed by atoms with E-state index in [0.717, 1.165) is 23.5 Å². The number of fused-ring (bicyclic) bond motifs is 1. The summed E-state index contributed by atoms with van der Waals surface area (Å²) in [5, 5.41) is 4.60. The van der Waals surface area contributed by atoms with Gasteiger partial charge >= 0.3 is 0 Å². The molecule has 0 aliphatic rings. The number of hydrogen-bond acceptors (Lipinski definition) is 3. The zero-order chi connectivity index (χ0) is 11.0. The van der Waals surface area contributed by atoms with E-state index in [9.17, 15) is 0 Å². The summed E-state index contributed by atoms with van der Waals surface area (Å²) in [6.45, 7) is 6.22. The lowest BCUT2D eigenvalue weighted by Gasteiger charge is -2.01. The molecule has 0 spiro atoms. The summed E-state index contributed by atoms with van der Waals surface area (Å²) < 4.78 is 1.74. The maximum Gasteiger partial charge on any atom is 0.158 e. The van der Waals surface area contributed by atoms with Crippen LogP contribution in [0.4, 0.5) is 0 Å². The van der Waals surface area contributed by atoms with Crippen LogP contribution in [0.1, 0.15) is 25.4 Å². The van der Waals surface area contributed by atoms with Crippen molar-refractivity contribution >= 4 is 17.1 Å². The molecule has 2 aromatic heterocycles. The van der Waals surface area contributed by atoms with Crippen LogP contribution in [-0.2, 0) is 6.42 Å². The molecule has 2 aromatic rings. The summed E-state index contributed by atoms with van der Waals surface area (Å²) in [5.74, 6) is 1.39. The van der Waals surface area contributed by atoms with Crippen LogP contribution in [0.3, 0.4) is 0 Å². The Morgan fingerprint density at radius 2 is 2.20 bits per heavy atom. The average Bonchev–Trinajstić information content (AvgIpc) is 2.44. The quantitative estimate of drug-likeness (QED) is 0.786. The van der Waals surface area contributed by atoms with Crippen LogP contribution in [0, 0.1) is 12.8 Å². The van der Waals surface area contributed by atoms with Crippen LogP contribution in [0.15, 0.2) is 6.33 Å². The molecule has 0 aromatic carbocycles. The Balaban J connectivity index is 2.65. The first kappa shape index (κ1) is 10.4. The van der Waals surface area contributed by atoms with Gasteiger partial charge in [0.1, 0.15) is 17.7 Å². The highest BCUT2D eigenvalue weighted by molar-refractivity contribution is 6.32. The van der Waals surface area contributed by atoms with E-state index in [4.69, 9.17) is 11.6 Å². The molecule has 4 nitrogen and oxygen atoms in total. The molecule has 0 saturated heterocycles. The largest absolute Gasteiger partial charge is 0.236 e. The van der Waals surface area contributed by atoms with E-state index in [0.29, 0.717) is 11.1 Å². The van der Waals surface area contributed by atoms with Crippen LogP contribution < -0.4 is 0 Å². The fraction of sp³-hybridized carbons (Fsp3) is 0.500. The molecule has 0 N–H and O–H groups in total. The summed E-state index contributed by atoms with van der Waals surface area (Å²) in [5.41, 5.74) is 1.82. The van der Waals surface area contributed by atoms with Crippen LogP contribution >= 0.6 is 11.6 Å². The minimum absolute atomic E-state index is 0.473. The lowest BCUT2D eigenvalue weighted by Crippen LogP contribution is -1.98. The van der Waals surface area contributed by atoms with Gasteiger partial charge in [-0.15, -0.1) is 0 Å². The summed E-state index contributed by atoms with van der Waals surface area (Å²) in [6, 6.07) is 0. The molecule has 0 fully saturated rings. The monoisotopic (exact) mass is 224 g/mol. The van der Waals surface area contributed by atoms with E-state index in [1.54, 1.807) is 4.52 Å². The number of aryl methyl sites for hydroxylation is 1. The van der Waals surface area contributed by atoms with Crippen molar-refractivity contribution in [3.8, 4) is 0 Å². The van der Waals surface area contributed by atoms with Gasteiger partial charge in [-0.1, -0.05) is 25.4 Å². The number of rotatable bonds is 2. The number of hydrogen-bond donors (Lipinski definition) is 0. The summed E-state index contributed by atoms with van der Waals surface area (Å²) in [4.78, 5) is 8.45. The maximum absolute atomic E-state index is 6.05. The third kappa shape index (κ3) is 1.81. The van der Waals surface area contributed by atoms with E-state index >= 15 is 0 Å². The van der Waals surface area contributed by atoms with Gasteiger partial charge in [-0.2, -0.15) is 5.10 Å². The normalized spacial score (nSPS) is 11.5. The maximum atomic E-state index is 6.05. The van der Waals surface area contributed by atoms with Crippen molar-refractivity contribution in [1.82, 2.24) is 19.6 Å². The molecule has 2 heterocycles. The molecule has 0 radical (unpaired) electrons. The standard InChI is InChI=1S/C10H13ClN4/c1-6(2)4-8-9-10(11)12-5-13-15(9)7(3)14-8/h5-6H,4H2,1-3H3. The van der Waals surface area contributed by atoms with Gasteiger partial charge in [0.05, 0.1) is 5.69 Å². The van der Waals surface area contributed by atoms with Crippen LogP contribution in [0.2, 0.25) is 5.15 Å². The predicted octanol–water partition coefficient (Wildman–Crippen LogP) is 2.28. The first-order valence-corrected chi connectivity index (χ1v) is 5.32. The second-order valence-electron chi connectivity index (χ2n) is 4.01. The van der Waals surface area contributed by atoms with Gasteiger partial charge in [-0.3, -0.25) is 0 Å². The minimum Gasteiger partial charge on any atom is -0.236 e. The lowest BCUT2D eigenvalue weighted by molar-refractivity contribution is 0.639. The lowest BCUT2D eigenvalue weighted by atomic mass is 10.1. The molecule has 0 aliphatic heterocycles. The number of imidazole rings is 1. The molecule has 0 atom stereocenters. The van der Waals surface area contributed by atoms with E-state index in [-0.39, 0.29) is 0 Å². The fourth-order valence-electron chi connectivity index (χ4n) is 1.65. The van der Waals surface area contributed by atoms with E-state index in [1.807, 2.05) is 6.92 Å². The Hall–Kier alpha value is -1.16. The Morgan fingerprint density at radius 3 is 2.87 bits per heavy atom. The van der Waals surface area contributed by atoms with Crippen LogP contribution in [-0.4, -0.2) is 19.6 Å². The van der Waals surface area contributed by atoms with Crippen LogP contribution in [0.5, 0.6) is 0 Å². The molecular formula is C10H13ClN4. The zero-order valence-electron chi connectivity index (χ0n) is 9.03. The zero-order valence-corrected chi connectivity index (χ0v) is 9.78. The molecule has 15 heavy (non-hydrogen) atoms. The van der Waals surface area contributed by atoms with Crippen molar-refractivity contribution < 1.29 is 0 Å². The first-order valence-electron chi connectivity index (χ1n) is 4.94. The molecule has 0 aliphatic carbocycles. The van der Waals surface area contributed by atoms with Gasteiger partial charge < -0.3 is 0 Å². The molecular weight excluding hydrogens is 212 g/mol. The summed E-state index contributed by atoms with van der Waals surface area (Å²) >= 11 is 6.05. The van der Waals surface area contributed by atoms with E-state index in [1.165, 1.54) is 6.33 Å². The topological polar surface area (TPSA) is 43.1 Å². The fourth-order valence-corrected chi connectivity index (χ4v) is 1.88. The molecule has 0 unspecified atom stereocenters. The summed E-state index contributed by atoms with van der Waals surface area (Å²) in [6.07, 6.45) is 2.34. The Morgan fingerprint density at radius 1 is 1.47 bits per heavy atom. The Bertz CT molecular complexity index is 489. The average molecular weight is 225 g/mol. The third-order valence-corrected chi connectivity index (χ3v) is 2.50. The molecule has 2 rings (SSSR count). The van der Waals surface area contributed by atoms with Crippen molar-refractivity contribution in [3.63, 3.8) is 0 Å². The van der Waals surface area contributed by atoms with Gasteiger partial charge in [-0.25, -0.2) is 14.5 Å². The molecule has 5 heteroatoms. The van der Waals surface area contributed by atoms with Crippen molar-refractivity contribution in [3.05, 3.63) is 23.0 Å². The summed E-state index contributed by atoms with van der Waals surface area (Å²) in [7, 11) is 0. The van der Waals surface area contributed by atoms with Gasteiger partial charge in [0.15, 0.2) is 5.15 Å².